The highest BCUT2D eigenvalue weighted by molar-refractivity contribution is 5.65. The highest BCUT2D eigenvalue weighted by Gasteiger charge is 2.23. The SMILES string of the molecule is OC1CCN(Cc2cn(-c3ccc(-c4cccc(F)c4)cc3)nc2-c2ccco2)C1. The van der Waals surface area contributed by atoms with Crippen LogP contribution >= 0.6 is 0 Å². The molecule has 3 heterocycles. The Balaban J connectivity index is 1.46. The molecular formula is C24H22FN3O2. The van der Waals surface area contributed by atoms with E-state index in [0.717, 1.165) is 46.8 Å². The lowest BCUT2D eigenvalue weighted by molar-refractivity contribution is 0.175. The molecule has 5 rings (SSSR count). The first-order valence-corrected chi connectivity index (χ1v) is 10.0. The van der Waals surface area contributed by atoms with Gasteiger partial charge in [-0.2, -0.15) is 5.10 Å². The fourth-order valence-corrected chi connectivity index (χ4v) is 3.95. The minimum absolute atomic E-state index is 0.247. The Morgan fingerprint density at radius 2 is 1.93 bits per heavy atom. The summed E-state index contributed by atoms with van der Waals surface area (Å²) in [6, 6.07) is 18.2. The molecule has 0 radical (unpaired) electrons. The zero-order valence-electron chi connectivity index (χ0n) is 16.4. The largest absolute Gasteiger partial charge is 0.463 e. The summed E-state index contributed by atoms with van der Waals surface area (Å²) in [5.74, 6) is 0.475. The van der Waals surface area contributed by atoms with Crippen LogP contribution in [0.1, 0.15) is 12.0 Å². The molecule has 1 saturated heterocycles. The van der Waals surface area contributed by atoms with Crippen LogP contribution in [0.4, 0.5) is 4.39 Å². The molecule has 0 spiro atoms. The summed E-state index contributed by atoms with van der Waals surface area (Å²) in [7, 11) is 0. The molecule has 0 aliphatic carbocycles. The molecule has 0 amide bonds. The molecule has 152 valence electrons. The standard InChI is InChI=1S/C24H22FN3O2/c25-20-4-1-3-18(13-20)17-6-8-21(9-7-17)28-15-19(14-27-11-10-22(29)16-27)24(26-28)23-5-2-12-30-23/h1-9,12-13,15,22,29H,10-11,14,16H2. The smallest absolute Gasteiger partial charge is 0.154 e. The van der Waals surface area contributed by atoms with Crippen molar-refractivity contribution in [1.82, 2.24) is 14.7 Å². The second kappa shape index (κ2) is 7.89. The van der Waals surface area contributed by atoms with E-state index in [9.17, 15) is 9.50 Å². The number of aromatic nitrogens is 2. The average molecular weight is 403 g/mol. The maximum Gasteiger partial charge on any atom is 0.154 e. The van der Waals surface area contributed by atoms with Crippen molar-refractivity contribution in [2.75, 3.05) is 13.1 Å². The normalized spacial score (nSPS) is 16.9. The van der Waals surface area contributed by atoms with Gasteiger partial charge in [0.25, 0.3) is 0 Å². The summed E-state index contributed by atoms with van der Waals surface area (Å²) < 4.78 is 21.0. The molecule has 2 aromatic carbocycles. The van der Waals surface area contributed by atoms with Gasteiger partial charge in [-0.15, -0.1) is 0 Å². The number of β-amino-alcohol motifs (C(OH)–C–C–N with tert-alkyl or cyclic N) is 1. The van der Waals surface area contributed by atoms with E-state index in [1.165, 1.54) is 12.1 Å². The zero-order valence-corrected chi connectivity index (χ0v) is 16.4. The minimum atomic E-state index is -0.262. The summed E-state index contributed by atoms with van der Waals surface area (Å²) in [6.45, 7) is 2.24. The van der Waals surface area contributed by atoms with Crippen LogP contribution in [0.5, 0.6) is 0 Å². The average Bonchev–Trinajstić information content (AvgIpc) is 3.50. The minimum Gasteiger partial charge on any atom is -0.463 e. The number of rotatable bonds is 5. The second-order valence-electron chi connectivity index (χ2n) is 7.66. The fourth-order valence-electron chi connectivity index (χ4n) is 3.95. The number of halogens is 1. The van der Waals surface area contributed by atoms with E-state index in [1.807, 2.05) is 53.3 Å². The van der Waals surface area contributed by atoms with Gasteiger partial charge in [-0.05, 0) is 53.9 Å². The van der Waals surface area contributed by atoms with E-state index >= 15 is 0 Å². The van der Waals surface area contributed by atoms with Crippen molar-refractivity contribution >= 4 is 0 Å². The van der Waals surface area contributed by atoms with Crippen molar-refractivity contribution in [2.45, 2.75) is 19.1 Å². The van der Waals surface area contributed by atoms with Crippen LogP contribution in [-0.2, 0) is 6.54 Å². The maximum atomic E-state index is 13.5. The lowest BCUT2D eigenvalue weighted by Crippen LogP contribution is -2.21. The number of nitrogens with zero attached hydrogens (tertiary/aromatic N) is 3. The first-order chi connectivity index (χ1) is 14.7. The lowest BCUT2D eigenvalue weighted by atomic mass is 10.1. The molecule has 4 aromatic rings. The van der Waals surface area contributed by atoms with Gasteiger partial charge in [0.1, 0.15) is 11.5 Å². The van der Waals surface area contributed by atoms with Crippen molar-refractivity contribution in [1.29, 1.82) is 0 Å². The molecule has 2 aromatic heterocycles. The summed E-state index contributed by atoms with van der Waals surface area (Å²) in [4.78, 5) is 2.23. The van der Waals surface area contributed by atoms with Gasteiger partial charge in [-0.1, -0.05) is 24.3 Å². The molecule has 0 bridgehead atoms. The quantitative estimate of drug-likeness (QED) is 0.533. The first kappa shape index (κ1) is 18.8. The number of aliphatic hydroxyl groups excluding tert-OH is 1. The molecule has 1 aliphatic heterocycles. The fraction of sp³-hybridized carbons (Fsp3) is 0.208. The molecule has 1 fully saturated rings. The van der Waals surface area contributed by atoms with Crippen LogP contribution in [0.15, 0.2) is 77.5 Å². The van der Waals surface area contributed by atoms with Gasteiger partial charge in [-0.25, -0.2) is 9.07 Å². The number of furan rings is 1. The number of hydrogen-bond donors (Lipinski definition) is 1. The van der Waals surface area contributed by atoms with Gasteiger partial charge in [0.15, 0.2) is 5.76 Å². The summed E-state index contributed by atoms with van der Waals surface area (Å²) in [5.41, 5.74) is 4.55. The van der Waals surface area contributed by atoms with Crippen LogP contribution in [0.3, 0.4) is 0 Å². The van der Waals surface area contributed by atoms with Crippen LogP contribution in [0.25, 0.3) is 28.3 Å². The molecule has 1 aliphatic rings. The molecule has 0 saturated carbocycles. The highest BCUT2D eigenvalue weighted by atomic mass is 19.1. The molecule has 6 heteroatoms. The van der Waals surface area contributed by atoms with Crippen LogP contribution in [0, 0.1) is 5.82 Å². The van der Waals surface area contributed by atoms with Gasteiger partial charge in [0.05, 0.1) is 18.1 Å². The molecular weight excluding hydrogens is 381 g/mol. The van der Waals surface area contributed by atoms with Gasteiger partial charge in [0, 0.05) is 31.4 Å². The van der Waals surface area contributed by atoms with Gasteiger partial charge in [0.2, 0.25) is 0 Å². The van der Waals surface area contributed by atoms with Gasteiger partial charge < -0.3 is 9.52 Å². The van der Waals surface area contributed by atoms with Crippen molar-refractivity contribution in [3.8, 4) is 28.3 Å². The summed E-state index contributed by atoms with van der Waals surface area (Å²) in [6.07, 6.45) is 4.19. The third kappa shape index (κ3) is 3.79. The third-order valence-corrected chi connectivity index (χ3v) is 5.48. The van der Waals surface area contributed by atoms with E-state index in [0.29, 0.717) is 13.1 Å². The first-order valence-electron chi connectivity index (χ1n) is 10.0. The Morgan fingerprint density at radius 1 is 1.07 bits per heavy atom. The number of aliphatic hydroxyl groups is 1. The Morgan fingerprint density at radius 3 is 2.63 bits per heavy atom. The van der Waals surface area contributed by atoms with E-state index in [2.05, 4.69) is 4.90 Å². The van der Waals surface area contributed by atoms with Crippen molar-refractivity contribution < 1.29 is 13.9 Å². The number of likely N-dealkylation sites (tertiary alicyclic amines) is 1. The van der Waals surface area contributed by atoms with Gasteiger partial charge >= 0.3 is 0 Å². The zero-order chi connectivity index (χ0) is 20.5. The monoisotopic (exact) mass is 403 g/mol. The summed E-state index contributed by atoms with van der Waals surface area (Å²) in [5, 5.41) is 14.6. The molecule has 1 atom stereocenters. The lowest BCUT2D eigenvalue weighted by Gasteiger charge is -2.13. The Kier molecular flexibility index (Phi) is 4.94. The van der Waals surface area contributed by atoms with E-state index in [-0.39, 0.29) is 11.9 Å². The summed E-state index contributed by atoms with van der Waals surface area (Å²) >= 11 is 0. The molecule has 30 heavy (non-hydrogen) atoms. The molecule has 5 nitrogen and oxygen atoms in total. The predicted octanol–water partition coefficient (Wildman–Crippen LogP) is 4.51. The Hall–Kier alpha value is -3.22. The van der Waals surface area contributed by atoms with Crippen LogP contribution in [0.2, 0.25) is 0 Å². The topological polar surface area (TPSA) is 54.4 Å². The van der Waals surface area contributed by atoms with E-state index in [4.69, 9.17) is 9.52 Å². The molecule has 1 N–H and O–H groups in total. The van der Waals surface area contributed by atoms with Crippen molar-refractivity contribution in [2.24, 2.45) is 0 Å². The van der Waals surface area contributed by atoms with Crippen LogP contribution < -0.4 is 0 Å². The highest BCUT2D eigenvalue weighted by Crippen LogP contribution is 2.27. The number of benzene rings is 2. The van der Waals surface area contributed by atoms with E-state index in [1.54, 1.807) is 12.3 Å². The Labute approximate surface area is 174 Å². The Bertz CT molecular complexity index is 1140. The third-order valence-electron chi connectivity index (χ3n) is 5.48. The second-order valence-corrected chi connectivity index (χ2v) is 7.66. The van der Waals surface area contributed by atoms with Gasteiger partial charge in [-0.3, -0.25) is 4.90 Å². The molecule has 1 unspecified atom stereocenters. The predicted molar refractivity (Wildman–Crippen MR) is 113 cm³/mol. The maximum absolute atomic E-state index is 13.5. The van der Waals surface area contributed by atoms with Crippen molar-refractivity contribution in [3.05, 3.63) is 84.5 Å². The number of hydrogen-bond acceptors (Lipinski definition) is 4. The van der Waals surface area contributed by atoms with Crippen molar-refractivity contribution in [3.63, 3.8) is 0 Å². The van der Waals surface area contributed by atoms with E-state index < -0.39 is 0 Å². The van der Waals surface area contributed by atoms with Crippen LogP contribution in [-0.4, -0.2) is 39.0 Å².